The number of H-pyrrole nitrogens is 1. The first-order valence-electron chi connectivity index (χ1n) is 9.62. The Morgan fingerprint density at radius 3 is 2.59 bits per heavy atom. The fourth-order valence-corrected chi connectivity index (χ4v) is 4.61. The number of aromatic amines is 1. The number of aromatic nitrogens is 1. The van der Waals surface area contributed by atoms with Crippen molar-refractivity contribution < 1.29 is 12.8 Å². The average Bonchev–Trinajstić information content (AvgIpc) is 3.04. The first-order chi connectivity index (χ1) is 13.5. The number of rotatable bonds is 7. The second-order valence-corrected chi connectivity index (χ2v) is 9.76. The smallest absolute Gasteiger partial charge is 0.409 e. The van der Waals surface area contributed by atoms with Crippen molar-refractivity contribution >= 4 is 16.1 Å². The second-order valence-electron chi connectivity index (χ2n) is 7.85. The van der Waals surface area contributed by atoms with Crippen LogP contribution in [0.4, 0.5) is 0 Å². The van der Waals surface area contributed by atoms with Crippen LogP contribution in [0, 0.1) is 5.41 Å². The van der Waals surface area contributed by atoms with Gasteiger partial charge in [-0.1, -0.05) is 49.8 Å². The normalized spacial score (nSPS) is 18.9. The van der Waals surface area contributed by atoms with Gasteiger partial charge in [-0.2, -0.15) is 0 Å². The zero-order valence-electron chi connectivity index (χ0n) is 17.7. The zero-order valence-corrected chi connectivity index (χ0v) is 18.5. The fourth-order valence-electron chi connectivity index (χ4n) is 3.32. The predicted octanol–water partition coefficient (Wildman–Crippen LogP) is 4.44. The van der Waals surface area contributed by atoms with E-state index in [1.54, 1.807) is 6.08 Å². The number of allylic oxidation sites excluding steroid dienone is 9. The fraction of sp³-hybridized carbons (Fsp3) is 0.409. The lowest BCUT2D eigenvalue weighted by Gasteiger charge is -2.33. The van der Waals surface area contributed by atoms with Crippen molar-refractivity contribution in [2.75, 3.05) is 7.05 Å². The third kappa shape index (κ3) is 6.30. The van der Waals surface area contributed by atoms with Gasteiger partial charge in [0.05, 0.1) is 11.1 Å². The van der Waals surface area contributed by atoms with E-state index in [4.69, 9.17) is 4.42 Å². The van der Waals surface area contributed by atoms with Crippen LogP contribution < -0.4 is 10.5 Å². The van der Waals surface area contributed by atoms with E-state index in [2.05, 4.69) is 23.6 Å². The molecule has 0 bridgehead atoms. The molecular formula is C22H30N2O4S. The van der Waals surface area contributed by atoms with Gasteiger partial charge in [0.15, 0.2) is 0 Å². The van der Waals surface area contributed by atoms with Gasteiger partial charge in [0.2, 0.25) is 10.0 Å². The molecule has 0 saturated carbocycles. The van der Waals surface area contributed by atoms with E-state index in [0.29, 0.717) is 17.1 Å². The Morgan fingerprint density at radius 1 is 1.24 bits per heavy atom. The lowest BCUT2D eigenvalue weighted by atomic mass is 9.75. The van der Waals surface area contributed by atoms with Crippen LogP contribution in [-0.4, -0.2) is 20.4 Å². The van der Waals surface area contributed by atoms with Crippen LogP contribution in [0.3, 0.4) is 0 Å². The Kier molecular flexibility index (Phi) is 7.43. The Balaban J connectivity index is 2.21. The van der Waals surface area contributed by atoms with Crippen LogP contribution in [0.2, 0.25) is 0 Å². The number of oxazole rings is 1. The largest absolute Gasteiger partial charge is 0.416 e. The summed E-state index contributed by atoms with van der Waals surface area (Å²) in [7, 11) is -1.99. The van der Waals surface area contributed by atoms with E-state index in [9.17, 15) is 13.2 Å². The van der Waals surface area contributed by atoms with Gasteiger partial charge in [-0.3, -0.25) is 4.98 Å². The summed E-state index contributed by atoms with van der Waals surface area (Å²) < 4.78 is 32.3. The molecule has 0 saturated heterocycles. The molecule has 0 radical (unpaired) electrons. The number of nitrogens with one attached hydrogen (secondary N) is 2. The molecule has 1 aliphatic rings. The highest BCUT2D eigenvalue weighted by atomic mass is 32.2. The Labute approximate surface area is 172 Å². The molecule has 7 heteroatoms. The second kappa shape index (κ2) is 9.41. The quantitative estimate of drug-likeness (QED) is 0.640. The highest BCUT2D eigenvalue weighted by Crippen LogP contribution is 2.42. The number of hydrogen-bond donors (Lipinski definition) is 2. The molecule has 1 heterocycles. The summed E-state index contributed by atoms with van der Waals surface area (Å²) in [5.41, 5.74) is 2.61. The molecule has 158 valence electrons. The minimum atomic E-state index is -3.44. The zero-order chi connectivity index (χ0) is 21.7. The van der Waals surface area contributed by atoms with Crippen LogP contribution >= 0.6 is 0 Å². The lowest BCUT2D eigenvalue weighted by molar-refractivity contribution is 0.381. The van der Waals surface area contributed by atoms with Crippen molar-refractivity contribution in [1.29, 1.82) is 0 Å². The van der Waals surface area contributed by atoms with Gasteiger partial charge in [0.1, 0.15) is 5.76 Å². The summed E-state index contributed by atoms with van der Waals surface area (Å²) in [6.07, 6.45) is 15.3. The van der Waals surface area contributed by atoms with Crippen LogP contribution in [0.25, 0.3) is 6.08 Å². The lowest BCUT2D eigenvalue weighted by Crippen LogP contribution is -2.28. The molecule has 1 aromatic rings. The maximum Gasteiger partial charge on any atom is 0.416 e. The summed E-state index contributed by atoms with van der Waals surface area (Å²) >= 11 is 0. The minimum Gasteiger partial charge on any atom is -0.409 e. The van der Waals surface area contributed by atoms with Crippen molar-refractivity contribution in [2.24, 2.45) is 5.41 Å². The summed E-state index contributed by atoms with van der Waals surface area (Å²) in [6, 6.07) is 0. The van der Waals surface area contributed by atoms with Gasteiger partial charge in [-0.05, 0) is 62.8 Å². The SMILES string of the molecule is CNS(=O)(=O)C1=C(/C=C/C(C)=C/C=C/C(C)=C/c2c[nH]c(=O)o2)C(C)(C)CCC1. The third-order valence-electron chi connectivity index (χ3n) is 4.97. The summed E-state index contributed by atoms with van der Waals surface area (Å²) in [6.45, 7) is 8.05. The summed E-state index contributed by atoms with van der Waals surface area (Å²) in [4.78, 5) is 13.9. The molecule has 0 fully saturated rings. The monoisotopic (exact) mass is 418 g/mol. The van der Waals surface area contributed by atoms with E-state index in [-0.39, 0.29) is 5.41 Å². The third-order valence-corrected chi connectivity index (χ3v) is 6.58. The van der Waals surface area contributed by atoms with E-state index < -0.39 is 15.8 Å². The standard InChI is InChI=1S/C22H30N2O4S/c1-16(8-6-9-17(2)14-18-15-24-21(25)28-18)11-12-19-20(29(26,27)23-5)10-7-13-22(19,3)4/h6,8-9,11-12,14-15,23H,7,10,13H2,1-5H3,(H,24,25)/b9-6+,12-11+,16-8+,17-14+. The van der Waals surface area contributed by atoms with Crippen molar-refractivity contribution in [1.82, 2.24) is 9.71 Å². The molecule has 0 unspecified atom stereocenters. The molecule has 0 spiro atoms. The minimum absolute atomic E-state index is 0.191. The van der Waals surface area contributed by atoms with Crippen molar-refractivity contribution in [3.05, 3.63) is 74.5 Å². The highest BCUT2D eigenvalue weighted by Gasteiger charge is 2.33. The highest BCUT2D eigenvalue weighted by molar-refractivity contribution is 7.93. The van der Waals surface area contributed by atoms with Gasteiger partial charge in [-0.15, -0.1) is 0 Å². The van der Waals surface area contributed by atoms with E-state index in [0.717, 1.165) is 29.6 Å². The van der Waals surface area contributed by atoms with Gasteiger partial charge < -0.3 is 4.42 Å². The molecule has 6 nitrogen and oxygen atoms in total. The molecule has 0 aromatic carbocycles. The van der Waals surface area contributed by atoms with E-state index in [1.165, 1.54) is 13.2 Å². The molecule has 0 aliphatic heterocycles. The molecule has 2 N–H and O–H groups in total. The van der Waals surface area contributed by atoms with Crippen LogP contribution in [-0.2, 0) is 10.0 Å². The summed E-state index contributed by atoms with van der Waals surface area (Å²) in [5.74, 6) is -0.00371. The molecule has 2 rings (SSSR count). The predicted molar refractivity (Wildman–Crippen MR) is 118 cm³/mol. The van der Waals surface area contributed by atoms with Crippen molar-refractivity contribution in [3.8, 4) is 0 Å². The molecule has 0 atom stereocenters. The van der Waals surface area contributed by atoms with Gasteiger partial charge in [-0.25, -0.2) is 17.9 Å². The number of hydrogen-bond acceptors (Lipinski definition) is 4. The van der Waals surface area contributed by atoms with Crippen LogP contribution in [0.5, 0.6) is 0 Å². The van der Waals surface area contributed by atoms with Gasteiger partial charge in [0.25, 0.3) is 0 Å². The molecule has 0 amide bonds. The Morgan fingerprint density at radius 2 is 1.97 bits per heavy atom. The Hall–Kier alpha value is -2.38. The molecule has 29 heavy (non-hydrogen) atoms. The Bertz CT molecular complexity index is 1040. The average molecular weight is 419 g/mol. The van der Waals surface area contributed by atoms with Gasteiger partial charge >= 0.3 is 5.76 Å². The molecule has 1 aliphatic carbocycles. The van der Waals surface area contributed by atoms with E-state index >= 15 is 0 Å². The van der Waals surface area contributed by atoms with E-state index in [1.807, 2.05) is 44.2 Å². The first kappa shape index (κ1) is 22.9. The van der Waals surface area contributed by atoms with Gasteiger partial charge in [0, 0.05) is 0 Å². The number of sulfonamides is 1. The first-order valence-corrected chi connectivity index (χ1v) is 11.1. The van der Waals surface area contributed by atoms with Crippen LogP contribution in [0.1, 0.15) is 52.7 Å². The van der Waals surface area contributed by atoms with Crippen LogP contribution in [0.15, 0.2) is 67.4 Å². The topological polar surface area (TPSA) is 92.2 Å². The maximum atomic E-state index is 12.4. The molecule has 1 aromatic heterocycles. The van der Waals surface area contributed by atoms with Crippen molar-refractivity contribution in [3.63, 3.8) is 0 Å². The molecular weight excluding hydrogens is 388 g/mol. The van der Waals surface area contributed by atoms with Crippen molar-refractivity contribution in [2.45, 2.75) is 47.0 Å². The maximum absolute atomic E-state index is 12.4. The summed E-state index contributed by atoms with van der Waals surface area (Å²) in [5, 5.41) is 0.